The zero-order valence-electron chi connectivity index (χ0n) is 12.1. The van der Waals surface area contributed by atoms with Gasteiger partial charge in [-0.1, -0.05) is 18.2 Å². The standard InChI is InChI=1S/C16H23N3O/c1-18-10-11-19(16(18)20)15-5-3-2-4-14(15)12-13-6-8-17-9-7-13/h2-5,13,17H,6-12H2,1H3. The lowest BCUT2D eigenvalue weighted by Crippen LogP contribution is -2.31. The summed E-state index contributed by atoms with van der Waals surface area (Å²) in [4.78, 5) is 15.9. The van der Waals surface area contributed by atoms with Gasteiger partial charge in [-0.2, -0.15) is 0 Å². The summed E-state index contributed by atoms with van der Waals surface area (Å²) >= 11 is 0. The van der Waals surface area contributed by atoms with Gasteiger partial charge in [0.05, 0.1) is 0 Å². The Morgan fingerprint density at radius 3 is 2.65 bits per heavy atom. The maximum Gasteiger partial charge on any atom is 0.324 e. The van der Waals surface area contributed by atoms with Gasteiger partial charge >= 0.3 is 6.03 Å². The molecule has 2 amide bonds. The molecule has 0 aromatic heterocycles. The normalized spacial score (nSPS) is 20.8. The van der Waals surface area contributed by atoms with Crippen molar-refractivity contribution < 1.29 is 4.79 Å². The highest BCUT2D eigenvalue weighted by atomic mass is 16.2. The Kier molecular flexibility index (Phi) is 3.92. The summed E-state index contributed by atoms with van der Waals surface area (Å²) in [7, 11) is 1.87. The first-order chi connectivity index (χ1) is 9.75. The van der Waals surface area contributed by atoms with E-state index >= 15 is 0 Å². The third-order valence-corrected chi connectivity index (χ3v) is 4.47. The quantitative estimate of drug-likeness (QED) is 0.915. The Morgan fingerprint density at radius 2 is 1.95 bits per heavy atom. The van der Waals surface area contributed by atoms with Gasteiger partial charge in [-0.3, -0.25) is 4.90 Å². The van der Waals surface area contributed by atoms with E-state index < -0.39 is 0 Å². The summed E-state index contributed by atoms with van der Waals surface area (Å²) in [5.41, 5.74) is 2.43. The fourth-order valence-corrected chi connectivity index (χ4v) is 3.21. The third kappa shape index (κ3) is 2.66. The van der Waals surface area contributed by atoms with Crippen LogP contribution in [0.4, 0.5) is 10.5 Å². The Morgan fingerprint density at radius 1 is 1.20 bits per heavy atom. The summed E-state index contributed by atoms with van der Waals surface area (Å²) in [6.07, 6.45) is 3.57. The average molecular weight is 273 g/mol. The van der Waals surface area contributed by atoms with Crippen molar-refractivity contribution >= 4 is 11.7 Å². The Balaban J connectivity index is 1.79. The summed E-state index contributed by atoms with van der Waals surface area (Å²) in [6.45, 7) is 3.87. The van der Waals surface area contributed by atoms with Gasteiger partial charge in [0.2, 0.25) is 0 Å². The van der Waals surface area contributed by atoms with Gasteiger partial charge < -0.3 is 10.2 Å². The van der Waals surface area contributed by atoms with Gasteiger partial charge in [-0.05, 0) is 49.9 Å². The number of hydrogen-bond donors (Lipinski definition) is 1. The molecule has 0 atom stereocenters. The van der Waals surface area contributed by atoms with Crippen LogP contribution in [0.1, 0.15) is 18.4 Å². The van der Waals surface area contributed by atoms with Crippen molar-refractivity contribution in [3.8, 4) is 0 Å². The molecule has 108 valence electrons. The molecule has 3 rings (SSSR count). The van der Waals surface area contributed by atoms with Crippen LogP contribution in [0.3, 0.4) is 0 Å². The predicted molar refractivity (Wildman–Crippen MR) is 81.1 cm³/mol. The van der Waals surface area contributed by atoms with Crippen molar-refractivity contribution in [1.82, 2.24) is 10.2 Å². The number of piperidine rings is 1. The molecule has 0 bridgehead atoms. The lowest BCUT2D eigenvalue weighted by molar-refractivity contribution is 0.229. The van der Waals surface area contributed by atoms with Crippen LogP contribution in [0.15, 0.2) is 24.3 Å². The number of carbonyl (C=O) groups excluding carboxylic acids is 1. The Hall–Kier alpha value is -1.55. The van der Waals surface area contributed by atoms with Gasteiger partial charge in [0, 0.05) is 25.8 Å². The summed E-state index contributed by atoms with van der Waals surface area (Å²) < 4.78 is 0. The minimum absolute atomic E-state index is 0.128. The van der Waals surface area contributed by atoms with Crippen LogP contribution in [-0.2, 0) is 6.42 Å². The molecule has 0 saturated carbocycles. The van der Waals surface area contributed by atoms with E-state index in [0.717, 1.165) is 44.2 Å². The van der Waals surface area contributed by atoms with Crippen LogP contribution in [0.2, 0.25) is 0 Å². The Labute approximate surface area is 120 Å². The summed E-state index contributed by atoms with van der Waals surface area (Å²) in [5, 5.41) is 3.41. The van der Waals surface area contributed by atoms with Crippen molar-refractivity contribution in [2.45, 2.75) is 19.3 Å². The molecule has 2 aliphatic rings. The molecule has 2 fully saturated rings. The minimum Gasteiger partial charge on any atom is -0.326 e. The van der Waals surface area contributed by atoms with Crippen LogP contribution in [0, 0.1) is 5.92 Å². The number of hydrogen-bond acceptors (Lipinski definition) is 2. The molecule has 1 aromatic carbocycles. The second-order valence-corrected chi connectivity index (χ2v) is 5.88. The second kappa shape index (κ2) is 5.83. The van der Waals surface area contributed by atoms with Gasteiger partial charge in [-0.15, -0.1) is 0 Å². The lowest BCUT2D eigenvalue weighted by atomic mass is 9.90. The van der Waals surface area contributed by atoms with Crippen LogP contribution >= 0.6 is 0 Å². The molecule has 2 aliphatic heterocycles. The number of likely N-dealkylation sites (N-methyl/N-ethyl adjacent to an activating group) is 1. The molecule has 2 saturated heterocycles. The Bertz CT molecular complexity index is 482. The highest BCUT2D eigenvalue weighted by Crippen LogP contribution is 2.28. The first-order valence-corrected chi connectivity index (χ1v) is 7.57. The molecule has 4 heteroatoms. The first kappa shape index (κ1) is 13.4. The van der Waals surface area contributed by atoms with E-state index in [1.54, 1.807) is 4.90 Å². The summed E-state index contributed by atoms with van der Waals surface area (Å²) in [6, 6.07) is 8.52. The third-order valence-electron chi connectivity index (χ3n) is 4.47. The maximum atomic E-state index is 12.2. The monoisotopic (exact) mass is 273 g/mol. The van der Waals surface area contributed by atoms with Crippen LogP contribution in [0.25, 0.3) is 0 Å². The van der Waals surface area contributed by atoms with Crippen molar-refractivity contribution in [3.63, 3.8) is 0 Å². The molecular formula is C16H23N3O. The SMILES string of the molecule is CN1CCN(c2ccccc2CC2CCNCC2)C1=O. The van der Waals surface area contributed by atoms with Crippen molar-refractivity contribution in [1.29, 1.82) is 0 Å². The summed E-state index contributed by atoms with van der Waals surface area (Å²) in [5.74, 6) is 0.743. The van der Waals surface area contributed by atoms with E-state index in [9.17, 15) is 4.79 Å². The number of nitrogens with one attached hydrogen (secondary N) is 1. The highest BCUT2D eigenvalue weighted by molar-refractivity contribution is 5.94. The van der Waals surface area contributed by atoms with Crippen molar-refractivity contribution in [2.24, 2.45) is 5.92 Å². The van der Waals surface area contributed by atoms with Crippen molar-refractivity contribution in [3.05, 3.63) is 29.8 Å². The largest absolute Gasteiger partial charge is 0.326 e. The molecule has 0 radical (unpaired) electrons. The van der Waals surface area contributed by atoms with Gasteiger partial charge in [0.25, 0.3) is 0 Å². The lowest BCUT2D eigenvalue weighted by Gasteiger charge is -2.25. The van der Waals surface area contributed by atoms with Crippen LogP contribution < -0.4 is 10.2 Å². The number of rotatable bonds is 3. The van der Waals surface area contributed by atoms with Gasteiger partial charge in [-0.25, -0.2) is 4.79 Å². The molecule has 20 heavy (non-hydrogen) atoms. The van der Waals surface area contributed by atoms with E-state index in [-0.39, 0.29) is 6.03 Å². The topological polar surface area (TPSA) is 35.6 Å². The number of anilines is 1. The first-order valence-electron chi connectivity index (χ1n) is 7.57. The number of para-hydroxylation sites is 1. The van der Waals surface area contributed by atoms with Gasteiger partial charge in [0.1, 0.15) is 0 Å². The molecule has 4 nitrogen and oxygen atoms in total. The van der Waals surface area contributed by atoms with Crippen molar-refractivity contribution in [2.75, 3.05) is 38.1 Å². The minimum atomic E-state index is 0.128. The number of benzene rings is 1. The van der Waals surface area contributed by atoms with E-state index in [4.69, 9.17) is 0 Å². The average Bonchev–Trinajstić information content (AvgIpc) is 2.81. The van der Waals surface area contributed by atoms with E-state index in [0.29, 0.717) is 0 Å². The molecule has 0 spiro atoms. The van der Waals surface area contributed by atoms with Crippen LogP contribution in [-0.4, -0.2) is 44.2 Å². The fourth-order valence-electron chi connectivity index (χ4n) is 3.21. The number of amides is 2. The van der Waals surface area contributed by atoms with E-state index in [2.05, 4.69) is 23.5 Å². The molecule has 0 aliphatic carbocycles. The fraction of sp³-hybridized carbons (Fsp3) is 0.562. The predicted octanol–water partition coefficient (Wildman–Crippen LogP) is 2.10. The molecule has 2 heterocycles. The number of urea groups is 1. The number of nitrogens with zero attached hydrogens (tertiary/aromatic N) is 2. The zero-order valence-corrected chi connectivity index (χ0v) is 12.1. The maximum absolute atomic E-state index is 12.2. The zero-order chi connectivity index (χ0) is 13.9. The van der Waals surface area contributed by atoms with E-state index in [1.165, 1.54) is 18.4 Å². The number of carbonyl (C=O) groups is 1. The van der Waals surface area contributed by atoms with E-state index in [1.807, 2.05) is 18.0 Å². The molecule has 1 N–H and O–H groups in total. The van der Waals surface area contributed by atoms with Gasteiger partial charge in [0.15, 0.2) is 0 Å². The van der Waals surface area contributed by atoms with Crippen LogP contribution in [0.5, 0.6) is 0 Å². The molecular weight excluding hydrogens is 250 g/mol. The molecule has 0 unspecified atom stereocenters. The highest BCUT2D eigenvalue weighted by Gasteiger charge is 2.28. The second-order valence-electron chi connectivity index (χ2n) is 5.88. The smallest absolute Gasteiger partial charge is 0.324 e. The molecule has 1 aromatic rings.